The highest BCUT2D eigenvalue weighted by Crippen LogP contribution is 2.36. The summed E-state index contributed by atoms with van der Waals surface area (Å²) in [5.41, 5.74) is 2.70. The van der Waals surface area contributed by atoms with Crippen LogP contribution in [0.15, 0.2) is 94.3 Å². The molecule has 0 saturated carbocycles. The number of rotatable bonds is 8. The molecular weight excluding hydrogens is 550 g/mol. The molecule has 1 saturated heterocycles. The van der Waals surface area contributed by atoms with Gasteiger partial charge in [-0.15, -0.1) is 0 Å². The van der Waals surface area contributed by atoms with E-state index in [1.54, 1.807) is 6.08 Å². The lowest BCUT2D eigenvalue weighted by Gasteiger charge is -2.13. The molecule has 7 heteroatoms. The second kappa shape index (κ2) is 11.2. The molecule has 0 N–H and O–H groups in total. The summed E-state index contributed by atoms with van der Waals surface area (Å²) in [6.07, 6.45) is 1.72. The molecule has 5 rings (SSSR count). The van der Waals surface area contributed by atoms with E-state index >= 15 is 0 Å². The van der Waals surface area contributed by atoms with Crippen molar-refractivity contribution in [3.05, 3.63) is 111 Å². The van der Waals surface area contributed by atoms with E-state index in [0.29, 0.717) is 29.6 Å². The molecule has 0 bridgehead atoms. The molecule has 1 fully saturated rings. The maximum absolute atomic E-state index is 13.0. The fourth-order valence-electron chi connectivity index (χ4n) is 4.10. The van der Waals surface area contributed by atoms with Gasteiger partial charge in [0, 0.05) is 4.47 Å². The molecule has 0 atom stereocenters. The predicted octanol–water partition coefficient (Wildman–Crippen LogP) is 7.82. The number of ether oxygens (including phenoxy) is 2. The summed E-state index contributed by atoms with van der Waals surface area (Å²) in [4.78, 5) is 27.2. The van der Waals surface area contributed by atoms with Gasteiger partial charge in [0.15, 0.2) is 11.5 Å². The van der Waals surface area contributed by atoms with Crippen molar-refractivity contribution in [2.45, 2.75) is 20.1 Å². The normalized spacial score (nSPS) is 14.5. The van der Waals surface area contributed by atoms with Crippen molar-refractivity contribution in [3.63, 3.8) is 0 Å². The number of amides is 2. The Morgan fingerprint density at radius 3 is 2.49 bits per heavy atom. The minimum atomic E-state index is -0.301. The molecule has 1 aliphatic rings. The van der Waals surface area contributed by atoms with Gasteiger partial charge >= 0.3 is 0 Å². The van der Waals surface area contributed by atoms with E-state index in [1.165, 1.54) is 10.3 Å². The van der Waals surface area contributed by atoms with E-state index < -0.39 is 0 Å². The minimum absolute atomic E-state index is 0.229. The maximum Gasteiger partial charge on any atom is 0.293 e. The molecule has 0 radical (unpaired) electrons. The van der Waals surface area contributed by atoms with Gasteiger partial charge in [-0.05, 0) is 82.6 Å². The maximum atomic E-state index is 13.0. The van der Waals surface area contributed by atoms with Crippen molar-refractivity contribution in [2.24, 2.45) is 0 Å². The first kappa shape index (κ1) is 25.1. The fraction of sp³-hybridized carbons (Fsp3) is 0.133. The average Bonchev–Trinajstić information content (AvgIpc) is 3.15. The molecule has 5 nitrogen and oxygen atoms in total. The Kier molecular flexibility index (Phi) is 7.63. The van der Waals surface area contributed by atoms with E-state index in [9.17, 15) is 9.59 Å². The molecular formula is C30H24BrNO4S. The number of carbonyl (C=O) groups is 2. The zero-order chi connectivity index (χ0) is 25.8. The first-order chi connectivity index (χ1) is 18.0. The summed E-state index contributed by atoms with van der Waals surface area (Å²) in [6.45, 7) is 3.01. The Bertz CT molecular complexity index is 1520. The highest BCUT2D eigenvalue weighted by molar-refractivity contribution is 9.10. The van der Waals surface area contributed by atoms with Crippen LogP contribution in [0.3, 0.4) is 0 Å². The van der Waals surface area contributed by atoms with Crippen molar-refractivity contribution in [1.29, 1.82) is 0 Å². The van der Waals surface area contributed by atoms with E-state index in [0.717, 1.165) is 38.3 Å². The van der Waals surface area contributed by atoms with Crippen LogP contribution in [0, 0.1) is 0 Å². The van der Waals surface area contributed by atoms with Crippen molar-refractivity contribution in [1.82, 2.24) is 4.90 Å². The summed E-state index contributed by atoms with van der Waals surface area (Å²) in [5, 5.41) is 2.07. The van der Waals surface area contributed by atoms with Gasteiger partial charge in [0.25, 0.3) is 11.1 Å². The highest BCUT2D eigenvalue weighted by Gasteiger charge is 2.35. The largest absolute Gasteiger partial charge is 0.490 e. The number of carbonyl (C=O) groups excluding carboxylic acids is 2. The number of hydrogen-bond donors (Lipinski definition) is 0. The van der Waals surface area contributed by atoms with Crippen molar-refractivity contribution in [3.8, 4) is 11.5 Å². The van der Waals surface area contributed by atoms with Crippen molar-refractivity contribution >= 4 is 55.7 Å². The first-order valence-electron chi connectivity index (χ1n) is 11.9. The minimum Gasteiger partial charge on any atom is -0.490 e. The van der Waals surface area contributed by atoms with E-state index in [4.69, 9.17) is 9.47 Å². The molecule has 4 aromatic rings. The molecule has 37 heavy (non-hydrogen) atoms. The lowest BCUT2D eigenvalue weighted by atomic mass is 10.1. The quantitative estimate of drug-likeness (QED) is 0.201. The molecule has 0 spiro atoms. The Morgan fingerprint density at radius 1 is 0.838 bits per heavy atom. The predicted molar refractivity (Wildman–Crippen MR) is 152 cm³/mol. The second-order valence-corrected chi connectivity index (χ2v) is 10.4. The molecule has 1 heterocycles. The van der Waals surface area contributed by atoms with Gasteiger partial charge < -0.3 is 9.47 Å². The average molecular weight is 574 g/mol. The van der Waals surface area contributed by atoms with Crippen LogP contribution in [0.5, 0.6) is 11.5 Å². The monoisotopic (exact) mass is 573 g/mol. The fourth-order valence-corrected chi connectivity index (χ4v) is 5.38. The third-order valence-corrected chi connectivity index (χ3v) is 7.28. The summed E-state index contributed by atoms with van der Waals surface area (Å²) in [5.74, 6) is 0.907. The number of imide groups is 1. The van der Waals surface area contributed by atoms with Crippen LogP contribution in [0.4, 0.5) is 4.79 Å². The lowest BCUT2D eigenvalue weighted by Crippen LogP contribution is -2.27. The number of hydrogen-bond acceptors (Lipinski definition) is 5. The van der Waals surface area contributed by atoms with E-state index in [2.05, 4.69) is 46.3 Å². The SMILES string of the molecule is CCOc1cc(/C=C2/SC(=O)N(Cc3cccc(Br)c3)C2=O)ccc1OCc1ccc2ccccc2c1. The molecule has 4 aromatic carbocycles. The first-order valence-corrected chi connectivity index (χ1v) is 13.5. The van der Waals surface area contributed by atoms with Crippen LogP contribution in [0.1, 0.15) is 23.6 Å². The van der Waals surface area contributed by atoms with Crippen LogP contribution in [-0.4, -0.2) is 22.7 Å². The van der Waals surface area contributed by atoms with Crippen molar-refractivity contribution in [2.75, 3.05) is 6.61 Å². The van der Waals surface area contributed by atoms with Gasteiger partial charge in [-0.3, -0.25) is 14.5 Å². The Balaban J connectivity index is 1.32. The topological polar surface area (TPSA) is 55.8 Å². The zero-order valence-electron chi connectivity index (χ0n) is 20.1. The summed E-state index contributed by atoms with van der Waals surface area (Å²) in [6, 6.07) is 27.6. The van der Waals surface area contributed by atoms with Gasteiger partial charge in [0.05, 0.1) is 18.1 Å². The van der Waals surface area contributed by atoms with Crippen LogP contribution in [0.2, 0.25) is 0 Å². The lowest BCUT2D eigenvalue weighted by molar-refractivity contribution is -0.123. The standard InChI is InChI=1S/C30H24BrNO4S/c1-2-35-27-16-20(11-13-26(27)36-19-22-10-12-23-7-3-4-8-24(23)14-22)17-28-29(33)32(30(34)37-28)18-21-6-5-9-25(31)15-21/h3-17H,2,18-19H2,1H3/b28-17+. The molecule has 2 amide bonds. The number of fused-ring (bicyclic) bond motifs is 1. The smallest absolute Gasteiger partial charge is 0.293 e. The molecule has 186 valence electrons. The highest BCUT2D eigenvalue weighted by atomic mass is 79.9. The molecule has 0 aromatic heterocycles. The van der Waals surface area contributed by atoms with Crippen LogP contribution >= 0.6 is 27.7 Å². The number of nitrogens with zero attached hydrogens (tertiary/aromatic N) is 1. The number of halogens is 1. The van der Waals surface area contributed by atoms with Gasteiger partial charge in [0.1, 0.15) is 6.61 Å². The van der Waals surface area contributed by atoms with Crippen molar-refractivity contribution < 1.29 is 19.1 Å². The Labute approximate surface area is 228 Å². The summed E-state index contributed by atoms with van der Waals surface area (Å²) < 4.78 is 12.8. The molecule has 1 aliphatic heterocycles. The molecule has 0 unspecified atom stereocenters. The van der Waals surface area contributed by atoms with Gasteiger partial charge in [-0.25, -0.2) is 0 Å². The number of thioether (sulfide) groups is 1. The van der Waals surface area contributed by atoms with Crippen LogP contribution in [-0.2, 0) is 17.9 Å². The van der Waals surface area contributed by atoms with E-state index in [-0.39, 0.29) is 17.7 Å². The summed E-state index contributed by atoms with van der Waals surface area (Å²) in [7, 11) is 0. The molecule has 0 aliphatic carbocycles. The third kappa shape index (κ3) is 5.89. The zero-order valence-corrected chi connectivity index (χ0v) is 22.6. The van der Waals surface area contributed by atoms with Crippen LogP contribution in [0.25, 0.3) is 16.8 Å². The summed E-state index contributed by atoms with van der Waals surface area (Å²) >= 11 is 4.38. The van der Waals surface area contributed by atoms with E-state index in [1.807, 2.05) is 61.5 Å². The Hall–Kier alpha value is -3.55. The van der Waals surface area contributed by atoms with Gasteiger partial charge in [0.2, 0.25) is 0 Å². The van der Waals surface area contributed by atoms with Gasteiger partial charge in [-0.1, -0.05) is 70.5 Å². The Morgan fingerprint density at radius 2 is 1.68 bits per heavy atom. The van der Waals surface area contributed by atoms with Gasteiger partial charge in [-0.2, -0.15) is 0 Å². The second-order valence-electron chi connectivity index (χ2n) is 8.51. The number of benzene rings is 4. The van der Waals surface area contributed by atoms with Crippen LogP contribution < -0.4 is 9.47 Å². The third-order valence-electron chi connectivity index (χ3n) is 5.88.